The number of halogens is 3. The van der Waals surface area contributed by atoms with E-state index in [0.29, 0.717) is 18.5 Å². The van der Waals surface area contributed by atoms with Gasteiger partial charge in [0.05, 0.1) is 11.1 Å². The zero-order chi connectivity index (χ0) is 23.5. The molecule has 2 aromatic carbocycles. The second-order valence-electron chi connectivity index (χ2n) is 8.73. The van der Waals surface area contributed by atoms with E-state index < -0.39 is 22.6 Å². The van der Waals surface area contributed by atoms with Gasteiger partial charge in [0.25, 0.3) is 5.91 Å². The van der Waals surface area contributed by atoms with Crippen LogP contribution >= 0.6 is 11.6 Å². The first-order valence-electron chi connectivity index (χ1n) is 11.1. The molecule has 1 heterocycles. The largest absolute Gasteiger partial charge is 0.377 e. The van der Waals surface area contributed by atoms with Crippen molar-refractivity contribution in [2.24, 2.45) is 5.92 Å². The SMILES string of the molecule is CN(C)c1cc(NC2CCC(CNC(=O)c3ccc(F)c(Cl)c3F)CC2)nc2ccccc12. The molecule has 0 aliphatic heterocycles. The van der Waals surface area contributed by atoms with Crippen molar-refractivity contribution in [1.29, 1.82) is 0 Å². The highest BCUT2D eigenvalue weighted by Crippen LogP contribution is 2.30. The minimum absolute atomic E-state index is 0.240. The number of benzene rings is 2. The van der Waals surface area contributed by atoms with Gasteiger partial charge < -0.3 is 15.5 Å². The van der Waals surface area contributed by atoms with Crippen LogP contribution in [-0.4, -0.2) is 37.6 Å². The van der Waals surface area contributed by atoms with Crippen molar-refractivity contribution in [3.05, 3.63) is 64.7 Å². The number of aromatic nitrogens is 1. The normalized spacial score (nSPS) is 18.2. The van der Waals surface area contributed by atoms with Crippen LogP contribution in [0.5, 0.6) is 0 Å². The smallest absolute Gasteiger partial charge is 0.254 e. The van der Waals surface area contributed by atoms with E-state index in [1.807, 2.05) is 32.3 Å². The number of amides is 1. The van der Waals surface area contributed by atoms with Crippen molar-refractivity contribution < 1.29 is 13.6 Å². The van der Waals surface area contributed by atoms with E-state index in [-0.39, 0.29) is 5.56 Å². The molecule has 1 aliphatic rings. The highest BCUT2D eigenvalue weighted by Gasteiger charge is 2.23. The summed E-state index contributed by atoms with van der Waals surface area (Å²) in [6.45, 7) is 0.443. The van der Waals surface area contributed by atoms with Gasteiger partial charge in [-0.1, -0.05) is 29.8 Å². The molecule has 3 aromatic rings. The van der Waals surface area contributed by atoms with Crippen LogP contribution in [0.1, 0.15) is 36.0 Å². The van der Waals surface area contributed by atoms with Crippen LogP contribution in [0.15, 0.2) is 42.5 Å². The molecular weight excluding hydrogens is 446 g/mol. The minimum Gasteiger partial charge on any atom is -0.377 e. The average molecular weight is 473 g/mol. The number of carbonyl (C=O) groups excluding carboxylic acids is 1. The molecule has 1 aliphatic carbocycles. The lowest BCUT2D eigenvalue weighted by Gasteiger charge is -2.30. The van der Waals surface area contributed by atoms with E-state index >= 15 is 0 Å². The van der Waals surface area contributed by atoms with E-state index in [0.717, 1.165) is 60.2 Å². The first-order chi connectivity index (χ1) is 15.8. The summed E-state index contributed by atoms with van der Waals surface area (Å²) >= 11 is 5.57. The molecule has 174 valence electrons. The Morgan fingerprint density at radius 3 is 2.58 bits per heavy atom. The Hall–Kier alpha value is -2.93. The zero-order valence-corrected chi connectivity index (χ0v) is 19.4. The van der Waals surface area contributed by atoms with Crippen molar-refractivity contribution in [3.8, 4) is 0 Å². The molecule has 1 amide bonds. The lowest BCUT2D eigenvalue weighted by Crippen LogP contribution is -2.34. The average Bonchev–Trinajstić information content (AvgIpc) is 2.81. The molecule has 2 N–H and O–H groups in total. The van der Waals surface area contributed by atoms with Gasteiger partial charge >= 0.3 is 0 Å². The second-order valence-corrected chi connectivity index (χ2v) is 9.11. The standard InChI is InChI=1S/C25H27ClF2N4O/c1-32(2)21-13-22(31-20-6-4-3-5-17(20)21)30-16-9-7-15(8-10-16)14-29-25(33)18-11-12-19(27)23(26)24(18)28/h3-6,11-13,15-16H,7-10,14H2,1-2H3,(H,29,33)(H,30,31). The molecule has 1 fully saturated rings. The maximum Gasteiger partial charge on any atom is 0.254 e. The fraction of sp³-hybridized carbons (Fsp3) is 0.360. The molecular formula is C25H27ClF2N4O. The summed E-state index contributed by atoms with van der Waals surface area (Å²) < 4.78 is 27.4. The van der Waals surface area contributed by atoms with Crippen LogP contribution in [0.3, 0.4) is 0 Å². The summed E-state index contributed by atoms with van der Waals surface area (Å²) in [7, 11) is 4.05. The second kappa shape index (κ2) is 9.91. The number of hydrogen-bond acceptors (Lipinski definition) is 4. The van der Waals surface area contributed by atoms with Crippen LogP contribution in [0, 0.1) is 17.6 Å². The Morgan fingerprint density at radius 2 is 1.85 bits per heavy atom. The van der Waals surface area contributed by atoms with E-state index in [1.54, 1.807) is 0 Å². The Kier molecular flexibility index (Phi) is 6.98. The fourth-order valence-corrected chi connectivity index (χ4v) is 4.52. The van der Waals surface area contributed by atoms with Gasteiger partial charge in [0, 0.05) is 43.8 Å². The van der Waals surface area contributed by atoms with Gasteiger partial charge in [-0.25, -0.2) is 13.8 Å². The summed E-state index contributed by atoms with van der Waals surface area (Å²) in [4.78, 5) is 19.2. The third-order valence-electron chi connectivity index (χ3n) is 6.21. The Labute approximate surface area is 197 Å². The van der Waals surface area contributed by atoms with Crippen molar-refractivity contribution >= 4 is 39.9 Å². The summed E-state index contributed by atoms with van der Waals surface area (Å²) in [5.41, 5.74) is 1.83. The zero-order valence-electron chi connectivity index (χ0n) is 18.7. The number of rotatable bonds is 6. The van der Waals surface area contributed by atoms with Crippen LogP contribution in [0.4, 0.5) is 20.3 Å². The number of hydrogen-bond donors (Lipinski definition) is 2. The van der Waals surface area contributed by atoms with Gasteiger partial charge in [-0.15, -0.1) is 0 Å². The third kappa shape index (κ3) is 5.19. The number of fused-ring (bicyclic) bond motifs is 1. The maximum absolute atomic E-state index is 14.1. The van der Waals surface area contributed by atoms with E-state index in [9.17, 15) is 13.6 Å². The molecule has 5 nitrogen and oxygen atoms in total. The van der Waals surface area contributed by atoms with Gasteiger partial charge in [-0.05, 0) is 49.8 Å². The quantitative estimate of drug-likeness (QED) is 0.456. The Morgan fingerprint density at radius 1 is 1.12 bits per heavy atom. The number of carbonyl (C=O) groups is 1. The van der Waals surface area contributed by atoms with Crippen molar-refractivity contribution in [2.75, 3.05) is 30.9 Å². The van der Waals surface area contributed by atoms with Gasteiger partial charge in [0.15, 0.2) is 5.82 Å². The Bertz CT molecular complexity index is 1160. The summed E-state index contributed by atoms with van der Waals surface area (Å²) in [6.07, 6.45) is 3.75. The van der Waals surface area contributed by atoms with Gasteiger partial charge in [0.1, 0.15) is 16.7 Å². The molecule has 0 saturated heterocycles. The van der Waals surface area contributed by atoms with Gasteiger partial charge in [0.2, 0.25) is 0 Å². The molecule has 0 spiro atoms. The van der Waals surface area contributed by atoms with Crippen LogP contribution < -0.4 is 15.5 Å². The number of anilines is 2. The lowest BCUT2D eigenvalue weighted by atomic mass is 9.86. The highest BCUT2D eigenvalue weighted by molar-refractivity contribution is 6.31. The van der Waals surface area contributed by atoms with Gasteiger partial charge in [-0.3, -0.25) is 4.79 Å². The van der Waals surface area contributed by atoms with Crippen LogP contribution in [-0.2, 0) is 0 Å². The first kappa shape index (κ1) is 23.2. The molecule has 33 heavy (non-hydrogen) atoms. The van der Waals surface area contributed by atoms with Crippen molar-refractivity contribution in [1.82, 2.24) is 10.3 Å². The number of nitrogens with zero attached hydrogens (tertiary/aromatic N) is 2. The Balaban J connectivity index is 1.32. The predicted molar refractivity (Wildman–Crippen MR) is 129 cm³/mol. The predicted octanol–water partition coefficient (Wildman–Crippen LogP) is 5.63. The van der Waals surface area contributed by atoms with E-state index in [2.05, 4.69) is 27.7 Å². The fourth-order valence-electron chi connectivity index (χ4n) is 4.35. The highest BCUT2D eigenvalue weighted by atomic mass is 35.5. The maximum atomic E-state index is 14.1. The molecule has 0 atom stereocenters. The van der Waals surface area contributed by atoms with Crippen molar-refractivity contribution in [2.45, 2.75) is 31.7 Å². The first-order valence-corrected chi connectivity index (χ1v) is 11.5. The van der Waals surface area contributed by atoms with Crippen LogP contribution in [0.25, 0.3) is 10.9 Å². The molecule has 0 unspecified atom stereocenters. The third-order valence-corrected chi connectivity index (χ3v) is 6.55. The van der Waals surface area contributed by atoms with E-state index in [4.69, 9.17) is 16.6 Å². The number of para-hydroxylation sites is 1. The number of pyridine rings is 1. The lowest BCUT2D eigenvalue weighted by molar-refractivity contribution is 0.0939. The van der Waals surface area contributed by atoms with Gasteiger partial charge in [-0.2, -0.15) is 0 Å². The minimum atomic E-state index is -1.03. The molecule has 1 aromatic heterocycles. The molecule has 1 saturated carbocycles. The van der Waals surface area contributed by atoms with Crippen molar-refractivity contribution in [3.63, 3.8) is 0 Å². The molecule has 8 heteroatoms. The topological polar surface area (TPSA) is 57.3 Å². The monoisotopic (exact) mass is 472 g/mol. The molecule has 0 radical (unpaired) electrons. The molecule has 4 rings (SSSR count). The summed E-state index contributed by atoms with van der Waals surface area (Å²) in [5, 5.41) is 6.79. The molecule has 0 bridgehead atoms. The van der Waals surface area contributed by atoms with Crippen LogP contribution in [0.2, 0.25) is 5.02 Å². The summed E-state index contributed by atoms with van der Waals surface area (Å²) in [6, 6.07) is 12.6. The van der Waals surface area contributed by atoms with E-state index in [1.165, 1.54) is 0 Å². The summed E-state index contributed by atoms with van der Waals surface area (Å²) in [5.74, 6) is -1.32. The number of nitrogens with one attached hydrogen (secondary N) is 2.